The second-order valence-corrected chi connectivity index (χ2v) is 9.14. The molecule has 7 heteroatoms. The minimum absolute atomic E-state index is 0.0398. The molecule has 0 unspecified atom stereocenters. The summed E-state index contributed by atoms with van der Waals surface area (Å²) in [4.78, 5) is 19.8. The minimum Gasteiger partial charge on any atom is -0.494 e. The van der Waals surface area contributed by atoms with E-state index in [-0.39, 0.29) is 24.2 Å². The Bertz CT molecular complexity index is 1120. The number of carbonyl (C=O) groups excluding carboxylic acids is 1. The van der Waals surface area contributed by atoms with Gasteiger partial charge in [-0.15, -0.1) is 0 Å². The number of halogens is 1. The number of likely N-dealkylation sites (tertiary alicyclic amines) is 1. The number of hydrogen-bond donors (Lipinski definition) is 1. The number of nitrogens with zero attached hydrogens (tertiary/aromatic N) is 3. The number of hydrogen-bond acceptors (Lipinski definition) is 4. The van der Waals surface area contributed by atoms with Crippen LogP contribution in [0.1, 0.15) is 32.3 Å². The molecule has 4 rings (SSSR count). The number of aromatic nitrogens is 2. The fraction of sp³-hybridized carbons (Fsp3) is 0.407. The third kappa shape index (κ3) is 5.83. The lowest BCUT2D eigenvalue weighted by Crippen LogP contribution is -2.33. The van der Waals surface area contributed by atoms with Crippen LogP contribution in [0, 0.1) is 5.82 Å². The molecule has 0 aliphatic carbocycles. The summed E-state index contributed by atoms with van der Waals surface area (Å²) < 4.78 is 20.9. The number of methoxy groups -OCH3 is 1. The van der Waals surface area contributed by atoms with E-state index in [1.807, 2.05) is 20.0 Å². The third-order valence-electron chi connectivity index (χ3n) is 6.11. The van der Waals surface area contributed by atoms with Gasteiger partial charge in [0.05, 0.1) is 12.8 Å². The van der Waals surface area contributed by atoms with Gasteiger partial charge in [-0.3, -0.25) is 4.79 Å². The van der Waals surface area contributed by atoms with Crippen LogP contribution in [-0.2, 0) is 17.8 Å². The van der Waals surface area contributed by atoms with E-state index in [1.165, 1.54) is 44.7 Å². The molecular formula is C27H33FN4O2. The summed E-state index contributed by atoms with van der Waals surface area (Å²) in [5.41, 5.74) is 3.73. The molecule has 0 radical (unpaired) electrons. The summed E-state index contributed by atoms with van der Waals surface area (Å²) in [6.07, 6.45) is 5.52. The van der Waals surface area contributed by atoms with Gasteiger partial charge in [0.1, 0.15) is 12.4 Å². The van der Waals surface area contributed by atoms with Crippen molar-refractivity contribution in [3.8, 4) is 28.4 Å². The Morgan fingerprint density at radius 3 is 2.50 bits per heavy atom. The molecule has 180 valence electrons. The van der Waals surface area contributed by atoms with Gasteiger partial charge in [0.25, 0.3) is 0 Å². The summed E-state index contributed by atoms with van der Waals surface area (Å²) in [5, 5.41) is 2.92. The number of carbonyl (C=O) groups is 1. The Morgan fingerprint density at radius 2 is 1.82 bits per heavy atom. The van der Waals surface area contributed by atoms with Crippen molar-refractivity contribution in [1.82, 2.24) is 19.8 Å². The molecule has 1 aromatic heterocycles. The first-order valence-electron chi connectivity index (χ1n) is 11.9. The van der Waals surface area contributed by atoms with Crippen LogP contribution in [0.2, 0.25) is 0 Å². The monoisotopic (exact) mass is 464 g/mol. The Morgan fingerprint density at radius 1 is 1.12 bits per heavy atom. The number of benzene rings is 2. The Kier molecular flexibility index (Phi) is 7.63. The van der Waals surface area contributed by atoms with E-state index in [0.29, 0.717) is 11.4 Å². The molecular weight excluding hydrogens is 431 g/mol. The lowest BCUT2D eigenvalue weighted by molar-refractivity contribution is -0.122. The van der Waals surface area contributed by atoms with Crippen LogP contribution in [0.3, 0.4) is 0 Å². The molecule has 0 bridgehead atoms. The van der Waals surface area contributed by atoms with Crippen LogP contribution >= 0.6 is 0 Å². The maximum absolute atomic E-state index is 14.0. The van der Waals surface area contributed by atoms with E-state index in [9.17, 15) is 9.18 Å². The van der Waals surface area contributed by atoms with Crippen molar-refractivity contribution in [2.75, 3.05) is 26.7 Å². The van der Waals surface area contributed by atoms with Gasteiger partial charge in [0, 0.05) is 29.9 Å². The van der Waals surface area contributed by atoms with Crippen LogP contribution in [0.4, 0.5) is 4.39 Å². The second-order valence-electron chi connectivity index (χ2n) is 9.14. The summed E-state index contributed by atoms with van der Waals surface area (Å²) in [7, 11) is 1.43. The van der Waals surface area contributed by atoms with E-state index in [0.717, 1.165) is 24.2 Å². The predicted molar refractivity (Wildman–Crippen MR) is 132 cm³/mol. The van der Waals surface area contributed by atoms with Crippen molar-refractivity contribution < 1.29 is 13.9 Å². The van der Waals surface area contributed by atoms with Gasteiger partial charge in [-0.1, -0.05) is 24.3 Å². The van der Waals surface area contributed by atoms with Gasteiger partial charge in [0.15, 0.2) is 11.6 Å². The lowest BCUT2D eigenvalue weighted by atomic mass is 10.1. The molecule has 6 nitrogen and oxygen atoms in total. The van der Waals surface area contributed by atoms with E-state index in [4.69, 9.17) is 9.72 Å². The average molecular weight is 465 g/mol. The maximum Gasteiger partial charge on any atom is 0.240 e. The molecule has 0 atom stereocenters. The van der Waals surface area contributed by atoms with Gasteiger partial charge >= 0.3 is 0 Å². The molecule has 2 aromatic carbocycles. The highest BCUT2D eigenvalue weighted by atomic mass is 19.1. The zero-order chi connectivity index (χ0) is 24.1. The van der Waals surface area contributed by atoms with Crippen LogP contribution in [0.5, 0.6) is 5.75 Å². The highest BCUT2D eigenvalue weighted by molar-refractivity contribution is 5.77. The lowest BCUT2D eigenvalue weighted by Gasteiger charge is -2.14. The zero-order valence-electron chi connectivity index (χ0n) is 20.2. The van der Waals surface area contributed by atoms with E-state index >= 15 is 0 Å². The molecule has 0 saturated carbocycles. The first-order chi connectivity index (χ1) is 16.4. The molecule has 1 amide bonds. The first-order valence-corrected chi connectivity index (χ1v) is 11.9. The smallest absolute Gasteiger partial charge is 0.240 e. The Hall–Kier alpha value is -3.19. The SMILES string of the molecule is COc1cc(-c2nc(-c3ccc(CCN4CCCC4)cc3)cn2CC(=O)NC(C)C)ccc1F. The van der Waals surface area contributed by atoms with Crippen molar-refractivity contribution in [2.45, 2.75) is 45.7 Å². The van der Waals surface area contributed by atoms with E-state index < -0.39 is 5.82 Å². The molecule has 3 aromatic rings. The molecule has 1 aliphatic rings. The van der Waals surface area contributed by atoms with Gasteiger partial charge < -0.3 is 19.5 Å². The number of rotatable bonds is 9. The fourth-order valence-electron chi connectivity index (χ4n) is 4.36. The van der Waals surface area contributed by atoms with Crippen LogP contribution in [0.15, 0.2) is 48.7 Å². The third-order valence-corrected chi connectivity index (χ3v) is 6.11. The summed E-state index contributed by atoms with van der Waals surface area (Å²) in [6, 6.07) is 13.1. The van der Waals surface area contributed by atoms with Gasteiger partial charge in [0.2, 0.25) is 5.91 Å². The zero-order valence-corrected chi connectivity index (χ0v) is 20.2. The van der Waals surface area contributed by atoms with E-state index in [2.05, 4.69) is 34.5 Å². The number of ether oxygens (including phenoxy) is 1. The molecule has 1 aliphatic heterocycles. The van der Waals surface area contributed by atoms with Crippen molar-refractivity contribution in [1.29, 1.82) is 0 Å². The topological polar surface area (TPSA) is 59.4 Å². The maximum atomic E-state index is 14.0. The van der Waals surface area contributed by atoms with Gasteiger partial charge in [-0.25, -0.2) is 9.37 Å². The van der Waals surface area contributed by atoms with Crippen LogP contribution < -0.4 is 10.1 Å². The Labute approximate surface area is 200 Å². The first kappa shape index (κ1) is 24.0. The molecule has 2 heterocycles. The second kappa shape index (κ2) is 10.8. The van der Waals surface area contributed by atoms with Crippen LogP contribution in [0.25, 0.3) is 22.6 Å². The molecule has 1 N–H and O–H groups in total. The van der Waals surface area contributed by atoms with Gasteiger partial charge in [-0.2, -0.15) is 0 Å². The fourth-order valence-corrected chi connectivity index (χ4v) is 4.36. The highest BCUT2D eigenvalue weighted by Crippen LogP contribution is 2.29. The number of amides is 1. The van der Waals surface area contributed by atoms with E-state index in [1.54, 1.807) is 16.7 Å². The summed E-state index contributed by atoms with van der Waals surface area (Å²) in [5.74, 6) is 0.186. The van der Waals surface area contributed by atoms with Crippen molar-refractivity contribution in [3.05, 3.63) is 60.0 Å². The molecule has 1 fully saturated rings. The van der Waals surface area contributed by atoms with Crippen molar-refractivity contribution >= 4 is 5.91 Å². The normalized spacial score (nSPS) is 14.0. The summed E-state index contributed by atoms with van der Waals surface area (Å²) in [6.45, 7) is 7.47. The molecule has 1 saturated heterocycles. The predicted octanol–water partition coefficient (Wildman–Crippen LogP) is 4.53. The van der Waals surface area contributed by atoms with Crippen molar-refractivity contribution in [3.63, 3.8) is 0 Å². The van der Waals surface area contributed by atoms with Crippen LogP contribution in [-0.4, -0.2) is 53.1 Å². The Balaban J connectivity index is 1.59. The minimum atomic E-state index is -0.438. The quantitative estimate of drug-likeness (QED) is 0.506. The standard InChI is InChI=1S/C27H33FN4O2/c1-19(2)29-26(33)18-32-17-24(30-27(32)22-10-11-23(28)25(16-22)34-3)21-8-6-20(7-9-21)12-15-31-13-4-5-14-31/h6-11,16-17,19H,4-5,12-15,18H2,1-3H3,(H,29,33). The molecule has 34 heavy (non-hydrogen) atoms. The van der Waals surface area contributed by atoms with Gasteiger partial charge in [-0.05, 0) is 70.0 Å². The summed E-state index contributed by atoms with van der Waals surface area (Å²) >= 11 is 0. The highest BCUT2D eigenvalue weighted by Gasteiger charge is 2.17. The average Bonchev–Trinajstić information content (AvgIpc) is 3.48. The largest absolute Gasteiger partial charge is 0.494 e. The number of imidazole rings is 1. The number of nitrogens with one attached hydrogen (secondary N) is 1. The molecule has 0 spiro atoms. The van der Waals surface area contributed by atoms with Crippen molar-refractivity contribution in [2.24, 2.45) is 0 Å².